The zero-order chi connectivity index (χ0) is 51.4. The molecule has 0 radical (unpaired) electrons. The van der Waals surface area contributed by atoms with Gasteiger partial charge in [-0.3, -0.25) is 0 Å². The lowest BCUT2D eigenvalue weighted by Gasteiger charge is -2.30. The molecular formula is C74H58N2. The molecule has 0 spiro atoms. The summed E-state index contributed by atoms with van der Waals surface area (Å²) in [7, 11) is 0. The largest absolute Gasteiger partial charge is 0.310 e. The third-order valence-corrected chi connectivity index (χ3v) is 16.1. The van der Waals surface area contributed by atoms with Crippen molar-refractivity contribution in [1.82, 2.24) is 0 Å². The van der Waals surface area contributed by atoms with Crippen LogP contribution in [-0.2, 0) is 10.8 Å². The van der Waals surface area contributed by atoms with Gasteiger partial charge in [-0.05, 0) is 161 Å². The van der Waals surface area contributed by atoms with Crippen LogP contribution in [0.2, 0.25) is 0 Å². The second-order valence-corrected chi connectivity index (χ2v) is 21.3. The minimum absolute atomic E-state index is 0.0895. The molecule has 0 unspecified atom stereocenters. The first-order valence-corrected chi connectivity index (χ1v) is 26.6. The van der Waals surface area contributed by atoms with Crippen molar-refractivity contribution in [2.24, 2.45) is 0 Å². The second kappa shape index (κ2) is 18.9. The number of nitrogens with zero attached hydrogens (tertiary/aromatic N) is 2. The van der Waals surface area contributed by atoms with Crippen molar-refractivity contribution in [3.05, 3.63) is 301 Å². The molecule has 76 heavy (non-hydrogen) atoms. The van der Waals surface area contributed by atoms with Crippen LogP contribution in [-0.4, -0.2) is 0 Å². The molecule has 14 rings (SSSR count). The molecule has 0 amide bonds. The quantitative estimate of drug-likeness (QED) is 0.150. The van der Waals surface area contributed by atoms with Crippen LogP contribution in [0.3, 0.4) is 0 Å². The number of fused-ring (bicyclic) bond motifs is 8. The molecular weight excluding hydrogens is 917 g/mol. The van der Waals surface area contributed by atoms with Crippen LogP contribution in [0, 0.1) is 0 Å². The Morgan fingerprint density at radius 1 is 0.224 bits per heavy atom. The van der Waals surface area contributed by atoms with Gasteiger partial charge in [0.2, 0.25) is 0 Å². The van der Waals surface area contributed by atoms with Gasteiger partial charge in [0, 0.05) is 45.0 Å². The highest BCUT2D eigenvalue weighted by atomic mass is 15.1. The van der Waals surface area contributed by atoms with Gasteiger partial charge in [-0.15, -0.1) is 0 Å². The Labute approximate surface area is 447 Å². The lowest BCUT2D eigenvalue weighted by Crippen LogP contribution is -2.18. The SMILES string of the molecule is CC1(C)c2ccccc2-c2ccc(N(c3ccc4c(c3)C(C)(C)c3ccccc3-4)c3cc(-c4ccccc4)c4ccccc4c3)cc21.c1ccc(-c2cc(N(c3ccccc3)c3ccccc3)cc3ccccc23)cc1. The predicted molar refractivity (Wildman–Crippen MR) is 323 cm³/mol. The van der Waals surface area contributed by atoms with Crippen LogP contribution in [0.25, 0.3) is 66.1 Å². The monoisotopic (exact) mass is 974 g/mol. The summed E-state index contributed by atoms with van der Waals surface area (Å²) in [6.45, 7) is 9.46. The summed E-state index contributed by atoms with van der Waals surface area (Å²) in [4.78, 5) is 4.80. The first kappa shape index (κ1) is 46.5. The van der Waals surface area contributed by atoms with Gasteiger partial charge in [-0.2, -0.15) is 0 Å². The fourth-order valence-electron chi connectivity index (χ4n) is 12.3. The van der Waals surface area contributed by atoms with Crippen molar-refractivity contribution in [2.75, 3.05) is 9.80 Å². The van der Waals surface area contributed by atoms with E-state index in [1.54, 1.807) is 0 Å². The summed E-state index contributed by atoms with van der Waals surface area (Å²) in [5.41, 5.74) is 22.6. The average molecular weight is 975 g/mol. The molecule has 364 valence electrons. The van der Waals surface area contributed by atoms with Crippen molar-refractivity contribution in [3.63, 3.8) is 0 Å². The number of anilines is 6. The van der Waals surface area contributed by atoms with Gasteiger partial charge in [0.15, 0.2) is 0 Å². The topological polar surface area (TPSA) is 6.48 Å². The number of benzene rings is 12. The number of rotatable bonds is 8. The Balaban J connectivity index is 0.000000163. The molecule has 2 heteroatoms. The van der Waals surface area contributed by atoms with Crippen LogP contribution in [0.15, 0.2) is 279 Å². The summed E-state index contributed by atoms with van der Waals surface area (Å²) in [5, 5.41) is 5.00. The first-order valence-electron chi connectivity index (χ1n) is 26.6. The van der Waals surface area contributed by atoms with E-state index in [-0.39, 0.29) is 10.8 Å². The zero-order valence-electron chi connectivity index (χ0n) is 43.5. The lowest BCUT2D eigenvalue weighted by molar-refractivity contribution is 0.660. The molecule has 0 saturated carbocycles. The molecule has 0 heterocycles. The molecule has 0 bridgehead atoms. The fourth-order valence-corrected chi connectivity index (χ4v) is 12.3. The van der Waals surface area contributed by atoms with E-state index < -0.39 is 0 Å². The number of para-hydroxylation sites is 2. The van der Waals surface area contributed by atoms with Crippen molar-refractivity contribution < 1.29 is 0 Å². The molecule has 12 aromatic carbocycles. The molecule has 0 N–H and O–H groups in total. The van der Waals surface area contributed by atoms with E-state index in [1.165, 1.54) is 99.7 Å². The lowest BCUT2D eigenvalue weighted by atomic mass is 9.82. The molecule has 0 saturated heterocycles. The van der Waals surface area contributed by atoms with Gasteiger partial charge in [0.1, 0.15) is 0 Å². The zero-order valence-corrected chi connectivity index (χ0v) is 43.5. The smallest absolute Gasteiger partial charge is 0.0474 e. The van der Waals surface area contributed by atoms with Crippen molar-refractivity contribution >= 4 is 55.7 Å². The van der Waals surface area contributed by atoms with Gasteiger partial charge >= 0.3 is 0 Å². The minimum atomic E-state index is -0.0895. The van der Waals surface area contributed by atoms with Crippen molar-refractivity contribution in [3.8, 4) is 44.5 Å². The predicted octanol–water partition coefficient (Wildman–Crippen LogP) is 20.6. The fraction of sp³-hybridized carbons (Fsp3) is 0.0811. The molecule has 0 aliphatic heterocycles. The second-order valence-electron chi connectivity index (χ2n) is 21.3. The van der Waals surface area contributed by atoms with E-state index in [9.17, 15) is 0 Å². The maximum absolute atomic E-state index is 2.48. The average Bonchev–Trinajstić information content (AvgIpc) is 3.86. The maximum atomic E-state index is 2.48. The van der Waals surface area contributed by atoms with E-state index in [0.29, 0.717) is 0 Å². The van der Waals surface area contributed by atoms with E-state index >= 15 is 0 Å². The van der Waals surface area contributed by atoms with Crippen LogP contribution in [0.5, 0.6) is 0 Å². The molecule has 2 nitrogen and oxygen atoms in total. The van der Waals surface area contributed by atoms with Gasteiger partial charge in [-0.25, -0.2) is 0 Å². The highest BCUT2D eigenvalue weighted by molar-refractivity contribution is 6.02. The standard InChI is InChI=1S/C46H37N.C28H21N/c1-45(2)41-20-12-10-18-36(41)38-24-22-32(28-43(38)45)47(33-23-25-39-37-19-11-13-21-42(37)46(3,4)44(39)29-33)34-26-31-16-8-9-17-35(31)40(27-34)30-14-6-5-7-15-30;1-4-12-22(13-5-1)28-21-26(20-23-14-10-11-19-27(23)28)29(24-15-6-2-7-16-24)25-17-8-3-9-18-25/h5-29H,1-4H3;1-21H. The molecule has 0 fully saturated rings. The molecule has 0 aromatic heterocycles. The van der Waals surface area contributed by atoms with E-state index in [2.05, 4.69) is 317 Å². The van der Waals surface area contributed by atoms with Crippen LogP contribution in [0.1, 0.15) is 49.9 Å². The first-order chi connectivity index (χ1) is 37.2. The van der Waals surface area contributed by atoms with Crippen molar-refractivity contribution in [2.45, 2.75) is 38.5 Å². The normalized spacial score (nSPS) is 13.2. The highest BCUT2D eigenvalue weighted by Gasteiger charge is 2.38. The van der Waals surface area contributed by atoms with Gasteiger partial charge in [0.05, 0.1) is 0 Å². The Kier molecular flexibility index (Phi) is 11.6. The van der Waals surface area contributed by atoms with Crippen LogP contribution in [0.4, 0.5) is 34.1 Å². The van der Waals surface area contributed by atoms with E-state index in [0.717, 1.165) is 22.7 Å². The molecule has 2 aliphatic rings. The van der Waals surface area contributed by atoms with E-state index in [4.69, 9.17) is 0 Å². The number of hydrogen-bond acceptors (Lipinski definition) is 2. The summed E-state index contributed by atoms with van der Waals surface area (Å²) in [6, 6.07) is 101. The van der Waals surface area contributed by atoms with Gasteiger partial charge in [-0.1, -0.05) is 234 Å². The van der Waals surface area contributed by atoms with E-state index in [1.807, 2.05) is 0 Å². The minimum Gasteiger partial charge on any atom is -0.310 e. The molecule has 12 aromatic rings. The summed E-state index contributed by atoms with van der Waals surface area (Å²) in [5.74, 6) is 0. The highest BCUT2D eigenvalue weighted by Crippen LogP contribution is 2.54. The Hall–Kier alpha value is -9.24. The Bertz CT molecular complexity index is 3950. The Morgan fingerprint density at radius 3 is 0.974 bits per heavy atom. The maximum Gasteiger partial charge on any atom is 0.0474 e. The van der Waals surface area contributed by atoms with Gasteiger partial charge < -0.3 is 9.80 Å². The Morgan fingerprint density at radius 2 is 0.553 bits per heavy atom. The third-order valence-electron chi connectivity index (χ3n) is 16.1. The summed E-state index contributed by atoms with van der Waals surface area (Å²) in [6.07, 6.45) is 0. The molecule has 0 atom stereocenters. The third kappa shape index (κ3) is 8.06. The number of hydrogen-bond donors (Lipinski definition) is 0. The van der Waals surface area contributed by atoms with Gasteiger partial charge in [0.25, 0.3) is 0 Å². The van der Waals surface area contributed by atoms with Crippen LogP contribution >= 0.6 is 0 Å². The summed E-state index contributed by atoms with van der Waals surface area (Å²) >= 11 is 0. The summed E-state index contributed by atoms with van der Waals surface area (Å²) < 4.78 is 0. The van der Waals surface area contributed by atoms with Crippen LogP contribution < -0.4 is 9.80 Å². The molecule has 2 aliphatic carbocycles. The van der Waals surface area contributed by atoms with Crippen molar-refractivity contribution in [1.29, 1.82) is 0 Å².